The molecule has 2 aromatic heterocycles. The van der Waals surface area contributed by atoms with Gasteiger partial charge in [-0.05, 0) is 59.9 Å². The first-order valence-corrected chi connectivity index (χ1v) is 11.4. The fraction of sp³-hybridized carbons (Fsp3) is 0.259. The SMILES string of the molecule is CC(C)c1ccc2cc(C(=O)Nc3ccc(N4CCC4)nc3)n(Cc3cccc(F)c3)c2c1. The number of halogens is 1. The first-order chi connectivity index (χ1) is 16.0. The molecule has 33 heavy (non-hydrogen) atoms. The molecule has 1 fully saturated rings. The van der Waals surface area contributed by atoms with Crippen molar-refractivity contribution in [1.29, 1.82) is 0 Å². The Bertz CT molecular complexity index is 1310. The highest BCUT2D eigenvalue weighted by Crippen LogP contribution is 2.27. The van der Waals surface area contributed by atoms with Crippen LogP contribution in [0.2, 0.25) is 0 Å². The lowest BCUT2D eigenvalue weighted by atomic mass is 10.0. The van der Waals surface area contributed by atoms with Gasteiger partial charge in [0.1, 0.15) is 17.3 Å². The van der Waals surface area contributed by atoms with Gasteiger partial charge in [-0.3, -0.25) is 4.79 Å². The molecule has 0 spiro atoms. The summed E-state index contributed by atoms with van der Waals surface area (Å²) in [6.07, 6.45) is 2.89. The van der Waals surface area contributed by atoms with Crippen molar-refractivity contribution in [1.82, 2.24) is 9.55 Å². The van der Waals surface area contributed by atoms with Crippen LogP contribution >= 0.6 is 0 Å². The van der Waals surface area contributed by atoms with Gasteiger partial charge in [0.25, 0.3) is 5.91 Å². The molecule has 6 heteroatoms. The third-order valence-corrected chi connectivity index (χ3v) is 6.24. The molecule has 5 nitrogen and oxygen atoms in total. The maximum absolute atomic E-state index is 13.8. The van der Waals surface area contributed by atoms with Crippen molar-refractivity contribution in [2.24, 2.45) is 0 Å². The van der Waals surface area contributed by atoms with Crippen molar-refractivity contribution >= 4 is 28.3 Å². The number of amides is 1. The molecule has 0 aliphatic carbocycles. The number of rotatable bonds is 6. The van der Waals surface area contributed by atoms with Crippen molar-refractivity contribution in [2.45, 2.75) is 32.7 Å². The van der Waals surface area contributed by atoms with Crippen LogP contribution < -0.4 is 10.2 Å². The van der Waals surface area contributed by atoms with Crippen molar-refractivity contribution < 1.29 is 9.18 Å². The maximum atomic E-state index is 13.8. The summed E-state index contributed by atoms with van der Waals surface area (Å²) in [6, 6.07) is 18.5. The minimum absolute atomic E-state index is 0.216. The van der Waals surface area contributed by atoms with Crippen LogP contribution in [0, 0.1) is 5.82 Å². The molecule has 0 bridgehead atoms. The summed E-state index contributed by atoms with van der Waals surface area (Å²) in [4.78, 5) is 20.0. The molecule has 1 amide bonds. The van der Waals surface area contributed by atoms with E-state index in [1.165, 1.54) is 24.1 Å². The van der Waals surface area contributed by atoms with Gasteiger partial charge in [-0.2, -0.15) is 0 Å². The fourth-order valence-electron chi connectivity index (χ4n) is 4.19. The van der Waals surface area contributed by atoms with Crippen molar-refractivity contribution in [3.63, 3.8) is 0 Å². The third-order valence-electron chi connectivity index (χ3n) is 6.24. The molecular formula is C27H27FN4O. The molecule has 1 N–H and O–H groups in total. The van der Waals surface area contributed by atoms with Crippen LogP contribution in [0.3, 0.4) is 0 Å². The van der Waals surface area contributed by atoms with Crippen LogP contribution in [0.15, 0.2) is 66.9 Å². The van der Waals surface area contributed by atoms with Crippen molar-refractivity contribution in [3.8, 4) is 0 Å². The van der Waals surface area contributed by atoms with E-state index in [0.29, 0.717) is 23.8 Å². The number of nitrogens with one attached hydrogen (secondary N) is 1. The molecule has 168 valence electrons. The van der Waals surface area contributed by atoms with E-state index in [2.05, 4.69) is 41.2 Å². The number of carbonyl (C=O) groups excluding carboxylic acids is 1. The van der Waals surface area contributed by atoms with Crippen molar-refractivity contribution in [2.75, 3.05) is 23.3 Å². The summed E-state index contributed by atoms with van der Waals surface area (Å²) < 4.78 is 15.8. The number of fused-ring (bicyclic) bond motifs is 1. The molecule has 0 saturated carbocycles. The number of anilines is 2. The highest BCUT2D eigenvalue weighted by Gasteiger charge is 2.19. The van der Waals surface area contributed by atoms with E-state index in [4.69, 9.17) is 0 Å². The van der Waals surface area contributed by atoms with Gasteiger partial charge in [-0.15, -0.1) is 0 Å². The highest BCUT2D eigenvalue weighted by molar-refractivity contribution is 6.06. The molecule has 3 heterocycles. The number of pyridine rings is 1. The second kappa shape index (κ2) is 8.70. The molecule has 1 aliphatic heterocycles. The topological polar surface area (TPSA) is 50.2 Å². The summed E-state index contributed by atoms with van der Waals surface area (Å²) in [7, 11) is 0. The minimum Gasteiger partial charge on any atom is -0.356 e. The zero-order chi connectivity index (χ0) is 22.9. The van der Waals surface area contributed by atoms with Crippen molar-refractivity contribution in [3.05, 3.63) is 89.5 Å². The minimum atomic E-state index is -0.286. The smallest absolute Gasteiger partial charge is 0.272 e. The van der Waals surface area contributed by atoms with Gasteiger partial charge in [-0.25, -0.2) is 9.37 Å². The Labute approximate surface area is 192 Å². The normalized spacial score (nSPS) is 13.4. The Kier molecular flexibility index (Phi) is 5.58. The second-order valence-electron chi connectivity index (χ2n) is 8.92. The number of aromatic nitrogens is 2. The zero-order valence-electron chi connectivity index (χ0n) is 18.9. The Morgan fingerprint density at radius 1 is 1.09 bits per heavy atom. The van der Waals surface area contributed by atoms with Crippen LogP contribution in [-0.4, -0.2) is 28.5 Å². The molecule has 2 aromatic carbocycles. The van der Waals surface area contributed by atoms with Gasteiger partial charge in [0.2, 0.25) is 0 Å². The average Bonchev–Trinajstić information content (AvgIpc) is 3.11. The van der Waals surface area contributed by atoms with Crippen LogP contribution in [0.25, 0.3) is 10.9 Å². The Morgan fingerprint density at radius 2 is 1.94 bits per heavy atom. The molecule has 5 rings (SSSR count). The van der Waals surface area contributed by atoms with E-state index in [0.717, 1.165) is 35.4 Å². The van der Waals surface area contributed by atoms with E-state index in [9.17, 15) is 9.18 Å². The van der Waals surface area contributed by atoms with Gasteiger partial charge in [0.05, 0.1) is 11.9 Å². The molecule has 0 unspecified atom stereocenters. The first kappa shape index (κ1) is 21.2. The Hall–Kier alpha value is -3.67. The molecule has 0 atom stereocenters. The highest BCUT2D eigenvalue weighted by atomic mass is 19.1. The zero-order valence-corrected chi connectivity index (χ0v) is 18.9. The molecule has 1 saturated heterocycles. The number of nitrogens with zero attached hydrogens (tertiary/aromatic N) is 3. The maximum Gasteiger partial charge on any atom is 0.272 e. The number of hydrogen-bond donors (Lipinski definition) is 1. The van der Waals surface area contributed by atoms with Gasteiger partial charge < -0.3 is 14.8 Å². The fourth-order valence-corrected chi connectivity index (χ4v) is 4.19. The van der Waals surface area contributed by atoms with E-state index in [-0.39, 0.29) is 11.7 Å². The van der Waals surface area contributed by atoms with Crippen LogP contribution in [0.1, 0.15) is 47.8 Å². The molecule has 0 radical (unpaired) electrons. The summed E-state index contributed by atoms with van der Waals surface area (Å²) in [5.41, 5.74) is 4.13. The van der Waals surface area contributed by atoms with Gasteiger partial charge in [-0.1, -0.05) is 38.1 Å². The van der Waals surface area contributed by atoms with Gasteiger partial charge >= 0.3 is 0 Å². The van der Waals surface area contributed by atoms with E-state index >= 15 is 0 Å². The monoisotopic (exact) mass is 442 g/mol. The molecule has 1 aliphatic rings. The predicted octanol–water partition coefficient (Wildman–Crippen LogP) is 5.81. The first-order valence-electron chi connectivity index (χ1n) is 11.4. The standard InChI is InChI=1S/C27H27FN4O/c1-18(2)20-7-8-21-15-25(32(24(21)14-20)17-19-5-3-6-22(28)13-19)27(33)30-23-9-10-26(29-16-23)31-11-4-12-31/h3,5-10,13-16,18H,4,11-12,17H2,1-2H3,(H,30,33). The number of benzene rings is 2. The molecular weight excluding hydrogens is 415 g/mol. The quantitative estimate of drug-likeness (QED) is 0.410. The average molecular weight is 443 g/mol. The largest absolute Gasteiger partial charge is 0.356 e. The third kappa shape index (κ3) is 4.33. The Balaban J connectivity index is 1.49. The van der Waals surface area contributed by atoms with E-state index < -0.39 is 0 Å². The van der Waals surface area contributed by atoms with Gasteiger partial charge in [0, 0.05) is 30.5 Å². The summed E-state index contributed by atoms with van der Waals surface area (Å²) in [5.74, 6) is 0.791. The summed E-state index contributed by atoms with van der Waals surface area (Å²) in [5, 5.41) is 3.96. The lowest BCUT2D eigenvalue weighted by Gasteiger charge is -2.31. The van der Waals surface area contributed by atoms with Gasteiger partial charge in [0.15, 0.2) is 0 Å². The summed E-state index contributed by atoms with van der Waals surface area (Å²) >= 11 is 0. The number of carbonyl (C=O) groups is 1. The summed E-state index contributed by atoms with van der Waals surface area (Å²) in [6.45, 7) is 6.74. The van der Waals surface area contributed by atoms with Crippen LogP contribution in [0.5, 0.6) is 0 Å². The number of hydrogen-bond acceptors (Lipinski definition) is 3. The van der Waals surface area contributed by atoms with Crippen LogP contribution in [-0.2, 0) is 6.54 Å². The Morgan fingerprint density at radius 3 is 2.61 bits per heavy atom. The molecule has 4 aromatic rings. The lowest BCUT2D eigenvalue weighted by Crippen LogP contribution is -2.37. The predicted molar refractivity (Wildman–Crippen MR) is 131 cm³/mol. The van der Waals surface area contributed by atoms with E-state index in [1.54, 1.807) is 12.3 Å². The second-order valence-corrected chi connectivity index (χ2v) is 8.92. The van der Waals surface area contributed by atoms with E-state index in [1.807, 2.05) is 34.9 Å². The van der Waals surface area contributed by atoms with Crippen LogP contribution in [0.4, 0.5) is 15.9 Å². The lowest BCUT2D eigenvalue weighted by molar-refractivity contribution is 0.101.